The SMILES string of the molecule is c1csc(-c2cc(CN3CCCC[C@@H]3Cn3cncn3)no2)c1. The third kappa shape index (κ3) is 3.35. The average Bonchev–Trinajstić information content (AvgIpc) is 3.31. The molecular formula is C16H19N5OS. The number of piperidine rings is 1. The van der Waals surface area contributed by atoms with E-state index < -0.39 is 0 Å². The zero-order valence-electron chi connectivity index (χ0n) is 12.8. The normalized spacial score (nSPS) is 19.2. The van der Waals surface area contributed by atoms with Gasteiger partial charge in [0.2, 0.25) is 0 Å². The van der Waals surface area contributed by atoms with Gasteiger partial charge in [-0.3, -0.25) is 9.58 Å². The Morgan fingerprint density at radius 3 is 3.17 bits per heavy atom. The predicted molar refractivity (Wildman–Crippen MR) is 87.9 cm³/mol. The Morgan fingerprint density at radius 2 is 2.35 bits per heavy atom. The fourth-order valence-corrected chi connectivity index (χ4v) is 3.82. The molecule has 0 aromatic carbocycles. The minimum Gasteiger partial charge on any atom is -0.355 e. The Bertz CT molecular complexity index is 722. The summed E-state index contributed by atoms with van der Waals surface area (Å²) < 4.78 is 7.42. The molecule has 120 valence electrons. The highest BCUT2D eigenvalue weighted by atomic mass is 32.1. The highest BCUT2D eigenvalue weighted by Crippen LogP contribution is 2.27. The van der Waals surface area contributed by atoms with E-state index in [2.05, 4.69) is 37.7 Å². The van der Waals surface area contributed by atoms with Crippen molar-refractivity contribution < 1.29 is 4.52 Å². The van der Waals surface area contributed by atoms with Crippen molar-refractivity contribution in [3.05, 3.63) is 41.9 Å². The predicted octanol–water partition coefficient (Wildman–Crippen LogP) is 3.05. The molecule has 0 spiro atoms. The van der Waals surface area contributed by atoms with E-state index in [1.54, 1.807) is 24.0 Å². The van der Waals surface area contributed by atoms with Crippen LogP contribution in [0.15, 0.2) is 40.8 Å². The molecule has 1 aliphatic heterocycles. The molecule has 3 aromatic rings. The monoisotopic (exact) mass is 329 g/mol. The van der Waals surface area contributed by atoms with E-state index in [9.17, 15) is 0 Å². The molecule has 1 atom stereocenters. The van der Waals surface area contributed by atoms with Crippen molar-refractivity contribution in [3.63, 3.8) is 0 Å². The fourth-order valence-electron chi connectivity index (χ4n) is 3.15. The van der Waals surface area contributed by atoms with Crippen LogP contribution in [0.4, 0.5) is 0 Å². The zero-order valence-corrected chi connectivity index (χ0v) is 13.7. The number of likely N-dealkylation sites (tertiary alicyclic amines) is 1. The number of hydrogen-bond acceptors (Lipinski definition) is 6. The molecule has 4 heterocycles. The summed E-state index contributed by atoms with van der Waals surface area (Å²) in [6.07, 6.45) is 7.09. The van der Waals surface area contributed by atoms with E-state index in [-0.39, 0.29) is 0 Å². The van der Waals surface area contributed by atoms with Crippen molar-refractivity contribution in [2.45, 2.75) is 38.4 Å². The van der Waals surface area contributed by atoms with Gasteiger partial charge in [-0.2, -0.15) is 5.10 Å². The molecule has 0 radical (unpaired) electrons. The van der Waals surface area contributed by atoms with Gasteiger partial charge in [0, 0.05) is 18.7 Å². The first-order valence-corrected chi connectivity index (χ1v) is 8.82. The average molecular weight is 329 g/mol. The van der Waals surface area contributed by atoms with Crippen molar-refractivity contribution in [3.8, 4) is 10.6 Å². The van der Waals surface area contributed by atoms with Gasteiger partial charge in [-0.1, -0.05) is 17.6 Å². The molecule has 0 bridgehead atoms. The molecule has 1 aliphatic rings. The Balaban J connectivity index is 1.45. The second kappa shape index (κ2) is 6.64. The van der Waals surface area contributed by atoms with Crippen molar-refractivity contribution in [2.24, 2.45) is 0 Å². The largest absolute Gasteiger partial charge is 0.355 e. The van der Waals surface area contributed by atoms with E-state index >= 15 is 0 Å². The van der Waals surface area contributed by atoms with E-state index in [1.165, 1.54) is 19.3 Å². The maximum absolute atomic E-state index is 5.50. The van der Waals surface area contributed by atoms with E-state index in [4.69, 9.17) is 4.52 Å². The van der Waals surface area contributed by atoms with Gasteiger partial charge in [0.05, 0.1) is 17.1 Å². The molecule has 7 heteroatoms. The number of hydrogen-bond donors (Lipinski definition) is 0. The first-order chi connectivity index (χ1) is 11.4. The quantitative estimate of drug-likeness (QED) is 0.720. The molecule has 0 unspecified atom stereocenters. The molecule has 1 fully saturated rings. The summed E-state index contributed by atoms with van der Waals surface area (Å²) >= 11 is 1.67. The van der Waals surface area contributed by atoms with E-state index in [1.807, 2.05) is 10.7 Å². The number of thiophene rings is 1. The van der Waals surface area contributed by atoms with Crippen molar-refractivity contribution in [1.82, 2.24) is 24.8 Å². The van der Waals surface area contributed by atoms with Gasteiger partial charge < -0.3 is 4.52 Å². The first-order valence-electron chi connectivity index (χ1n) is 7.94. The first kappa shape index (κ1) is 14.6. The van der Waals surface area contributed by atoms with Gasteiger partial charge in [0.25, 0.3) is 0 Å². The number of rotatable bonds is 5. The summed E-state index contributed by atoms with van der Waals surface area (Å²) in [6, 6.07) is 6.63. The minimum absolute atomic E-state index is 0.479. The lowest BCUT2D eigenvalue weighted by Crippen LogP contribution is -2.41. The molecule has 4 rings (SSSR count). The van der Waals surface area contributed by atoms with Gasteiger partial charge >= 0.3 is 0 Å². The van der Waals surface area contributed by atoms with Gasteiger partial charge in [-0.05, 0) is 30.8 Å². The number of nitrogens with zero attached hydrogens (tertiary/aromatic N) is 5. The highest BCUT2D eigenvalue weighted by Gasteiger charge is 2.24. The summed E-state index contributed by atoms with van der Waals surface area (Å²) in [5.74, 6) is 0.861. The third-order valence-corrected chi connectivity index (χ3v) is 5.19. The molecule has 0 amide bonds. The Labute approximate surface area is 138 Å². The van der Waals surface area contributed by atoms with Crippen LogP contribution in [0, 0.1) is 0 Å². The molecule has 1 saturated heterocycles. The molecular weight excluding hydrogens is 310 g/mol. The molecule has 0 saturated carbocycles. The van der Waals surface area contributed by atoms with Crippen LogP contribution < -0.4 is 0 Å². The van der Waals surface area contributed by atoms with Crippen LogP contribution in [0.2, 0.25) is 0 Å². The maximum Gasteiger partial charge on any atom is 0.177 e. The van der Waals surface area contributed by atoms with Gasteiger partial charge in [-0.25, -0.2) is 4.98 Å². The molecule has 6 nitrogen and oxygen atoms in total. The Kier molecular flexibility index (Phi) is 4.21. The fraction of sp³-hybridized carbons (Fsp3) is 0.438. The van der Waals surface area contributed by atoms with Gasteiger partial charge in [-0.15, -0.1) is 11.3 Å². The Hall–Kier alpha value is -1.99. The van der Waals surface area contributed by atoms with Crippen LogP contribution >= 0.6 is 11.3 Å². The molecule has 23 heavy (non-hydrogen) atoms. The summed E-state index contributed by atoms with van der Waals surface area (Å²) in [5, 5.41) is 10.5. The number of aromatic nitrogens is 4. The van der Waals surface area contributed by atoms with Crippen molar-refractivity contribution in [1.29, 1.82) is 0 Å². The summed E-state index contributed by atoms with van der Waals surface area (Å²) in [7, 11) is 0. The van der Waals surface area contributed by atoms with E-state index in [0.717, 1.165) is 36.0 Å². The van der Waals surface area contributed by atoms with Crippen LogP contribution in [0.5, 0.6) is 0 Å². The highest BCUT2D eigenvalue weighted by molar-refractivity contribution is 7.13. The summed E-state index contributed by atoms with van der Waals surface area (Å²) in [5.41, 5.74) is 0.999. The topological polar surface area (TPSA) is 60.0 Å². The zero-order chi connectivity index (χ0) is 15.5. The van der Waals surface area contributed by atoms with E-state index in [0.29, 0.717) is 6.04 Å². The summed E-state index contributed by atoms with van der Waals surface area (Å²) in [6.45, 7) is 2.81. The lowest BCUT2D eigenvalue weighted by molar-refractivity contribution is 0.119. The van der Waals surface area contributed by atoms with Crippen LogP contribution in [-0.2, 0) is 13.1 Å². The summed E-state index contributed by atoms with van der Waals surface area (Å²) in [4.78, 5) is 7.65. The molecule has 0 aliphatic carbocycles. The maximum atomic E-state index is 5.50. The second-order valence-corrected chi connectivity index (χ2v) is 6.85. The van der Waals surface area contributed by atoms with Gasteiger partial charge in [0.15, 0.2) is 5.76 Å². The van der Waals surface area contributed by atoms with Crippen LogP contribution in [0.25, 0.3) is 10.6 Å². The van der Waals surface area contributed by atoms with Crippen molar-refractivity contribution >= 4 is 11.3 Å². The lowest BCUT2D eigenvalue weighted by Gasteiger charge is -2.34. The van der Waals surface area contributed by atoms with Crippen LogP contribution in [0.1, 0.15) is 25.0 Å². The smallest absolute Gasteiger partial charge is 0.177 e. The van der Waals surface area contributed by atoms with Crippen LogP contribution in [0.3, 0.4) is 0 Å². The minimum atomic E-state index is 0.479. The molecule has 0 N–H and O–H groups in total. The van der Waals surface area contributed by atoms with Crippen LogP contribution in [-0.4, -0.2) is 37.4 Å². The molecule has 3 aromatic heterocycles. The third-order valence-electron chi connectivity index (χ3n) is 4.30. The standard InChI is InChI=1S/C16H19N5OS/c1-2-6-20(14(4-1)10-21-12-17-11-18-21)9-13-8-15(22-19-13)16-5-3-7-23-16/h3,5,7-8,11-12,14H,1-2,4,6,9-10H2/t14-/m1/s1. The van der Waals surface area contributed by atoms with Crippen molar-refractivity contribution in [2.75, 3.05) is 6.54 Å². The second-order valence-electron chi connectivity index (χ2n) is 5.90. The Morgan fingerprint density at radius 1 is 1.35 bits per heavy atom. The lowest BCUT2D eigenvalue weighted by atomic mass is 10.0. The van der Waals surface area contributed by atoms with Gasteiger partial charge in [0.1, 0.15) is 12.7 Å².